The van der Waals surface area contributed by atoms with Gasteiger partial charge in [-0.3, -0.25) is 4.79 Å². The molecule has 4 nitrogen and oxygen atoms in total. The number of amides is 1. The predicted octanol–water partition coefficient (Wildman–Crippen LogP) is 3.84. The molecule has 0 atom stereocenters. The Morgan fingerprint density at radius 2 is 2.19 bits per heavy atom. The Morgan fingerprint density at radius 3 is 2.90 bits per heavy atom. The number of carbonyl (C=O) groups is 1. The van der Waals surface area contributed by atoms with Crippen molar-refractivity contribution in [3.63, 3.8) is 0 Å². The van der Waals surface area contributed by atoms with Crippen molar-refractivity contribution in [2.75, 3.05) is 11.9 Å². The van der Waals surface area contributed by atoms with Gasteiger partial charge >= 0.3 is 0 Å². The van der Waals surface area contributed by atoms with Crippen molar-refractivity contribution in [1.29, 1.82) is 0 Å². The van der Waals surface area contributed by atoms with Crippen molar-refractivity contribution < 1.29 is 9.53 Å². The van der Waals surface area contributed by atoms with Crippen LogP contribution in [0.3, 0.4) is 0 Å². The summed E-state index contributed by atoms with van der Waals surface area (Å²) < 4.78 is 5.59. The van der Waals surface area contributed by atoms with E-state index >= 15 is 0 Å². The second-order valence-electron chi connectivity index (χ2n) is 4.63. The monoisotopic (exact) mass is 304 g/mol. The molecule has 0 unspecified atom stereocenters. The molecule has 1 N–H and O–H groups in total. The van der Waals surface area contributed by atoms with Gasteiger partial charge in [0.25, 0.3) is 0 Å². The minimum Gasteiger partial charge on any atom is -0.494 e. The lowest BCUT2D eigenvalue weighted by atomic mass is 10.2. The molecule has 0 spiro atoms. The lowest BCUT2D eigenvalue weighted by molar-refractivity contribution is -0.116. The van der Waals surface area contributed by atoms with Gasteiger partial charge in [0.1, 0.15) is 11.6 Å². The summed E-state index contributed by atoms with van der Waals surface area (Å²) in [6.45, 7) is 2.41. The van der Waals surface area contributed by atoms with Crippen molar-refractivity contribution in [3.05, 3.63) is 53.2 Å². The maximum atomic E-state index is 11.7. The maximum Gasteiger partial charge on any atom is 0.225 e. The van der Waals surface area contributed by atoms with Gasteiger partial charge < -0.3 is 10.1 Å². The summed E-state index contributed by atoms with van der Waals surface area (Å²) in [5.74, 6) is 1.27. The van der Waals surface area contributed by atoms with Gasteiger partial charge in [-0.1, -0.05) is 17.7 Å². The molecule has 0 fully saturated rings. The number of halogens is 1. The van der Waals surface area contributed by atoms with Crippen LogP contribution in [0.1, 0.15) is 18.4 Å². The molecule has 0 saturated heterocycles. The molecule has 21 heavy (non-hydrogen) atoms. The highest BCUT2D eigenvalue weighted by atomic mass is 35.5. The van der Waals surface area contributed by atoms with Crippen LogP contribution in [0.4, 0.5) is 5.82 Å². The molecule has 0 bridgehead atoms. The zero-order valence-corrected chi connectivity index (χ0v) is 12.6. The second-order valence-corrected chi connectivity index (χ2v) is 5.03. The van der Waals surface area contributed by atoms with E-state index in [9.17, 15) is 4.79 Å². The van der Waals surface area contributed by atoms with E-state index in [2.05, 4.69) is 10.3 Å². The van der Waals surface area contributed by atoms with Crippen LogP contribution in [0.25, 0.3) is 0 Å². The third-order valence-electron chi connectivity index (χ3n) is 2.88. The predicted molar refractivity (Wildman–Crippen MR) is 83.8 cm³/mol. The summed E-state index contributed by atoms with van der Waals surface area (Å²) in [5, 5.41) is 3.45. The molecule has 1 aromatic carbocycles. The first-order valence-electron chi connectivity index (χ1n) is 6.75. The summed E-state index contributed by atoms with van der Waals surface area (Å²) >= 11 is 5.95. The maximum absolute atomic E-state index is 11.7. The molecule has 2 aromatic rings. The molecule has 0 radical (unpaired) electrons. The molecule has 110 valence electrons. The number of rotatable bonds is 6. The largest absolute Gasteiger partial charge is 0.494 e. The minimum absolute atomic E-state index is 0.0652. The standard InChI is InChI=1S/C16H17ClN2O2/c1-12-11-13(7-8-14(12)17)21-10-4-6-16(20)19-15-5-2-3-9-18-15/h2-3,5,7-9,11H,4,6,10H2,1H3,(H,18,19,20). The van der Waals surface area contributed by atoms with E-state index in [1.54, 1.807) is 24.4 Å². The molecule has 0 aliphatic heterocycles. The lowest BCUT2D eigenvalue weighted by Gasteiger charge is -2.08. The zero-order chi connectivity index (χ0) is 15.1. The molecular weight excluding hydrogens is 288 g/mol. The molecule has 0 saturated carbocycles. The molecule has 1 amide bonds. The normalized spacial score (nSPS) is 10.2. The fraction of sp³-hybridized carbons (Fsp3) is 0.250. The molecule has 1 heterocycles. The number of aromatic nitrogens is 1. The molecule has 2 rings (SSSR count). The van der Waals surface area contributed by atoms with E-state index < -0.39 is 0 Å². The summed E-state index contributed by atoms with van der Waals surface area (Å²) in [6, 6.07) is 10.9. The zero-order valence-electron chi connectivity index (χ0n) is 11.8. The Bertz CT molecular complexity index is 602. The third-order valence-corrected chi connectivity index (χ3v) is 3.30. The van der Waals surface area contributed by atoms with Crippen molar-refractivity contribution in [2.45, 2.75) is 19.8 Å². The first kappa shape index (κ1) is 15.3. The van der Waals surface area contributed by atoms with Crippen LogP contribution in [-0.2, 0) is 4.79 Å². The van der Waals surface area contributed by atoms with E-state index in [-0.39, 0.29) is 5.91 Å². The van der Waals surface area contributed by atoms with Gasteiger partial charge in [-0.05, 0) is 49.2 Å². The van der Waals surface area contributed by atoms with Crippen molar-refractivity contribution in [3.8, 4) is 5.75 Å². The Balaban J connectivity index is 1.69. The topological polar surface area (TPSA) is 51.2 Å². The van der Waals surface area contributed by atoms with Gasteiger partial charge in [0.2, 0.25) is 5.91 Å². The van der Waals surface area contributed by atoms with Gasteiger partial charge in [-0.2, -0.15) is 0 Å². The highest BCUT2D eigenvalue weighted by molar-refractivity contribution is 6.31. The number of benzene rings is 1. The SMILES string of the molecule is Cc1cc(OCCCC(=O)Nc2ccccn2)ccc1Cl. The lowest BCUT2D eigenvalue weighted by Crippen LogP contribution is -2.13. The number of pyridine rings is 1. The number of hydrogen-bond acceptors (Lipinski definition) is 3. The number of nitrogens with one attached hydrogen (secondary N) is 1. The first-order chi connectivity index (χ1) is 10.1. The Morgan fingerprint density at radius 1 is 1.33 bits per heavy atom. The van der Waals surface area contributed by atoms with Gasteiger partial charge in [0, 0.05) is 17.6 Å². The molecule has 5 heteroatoms. The number of anilines is 1. The van der Waals surface area contributed by atoms with Gasteiger partial charge in [-0.15, -0.1) is 0 Å². The van der Waals surface area contributed by atoms with Crippen LogP contribution < -0.4 is 10.1 Å². The average Bonchev–Trinajstić information content (AvgIpc) is 2.48. The third kappa shape index (κ3) is 5.08. The van der Waals surface area contributed by atoms with Crippen molar-refractivity contribution in [2.24, 2.45) is 0 Å². The smallest absolute Gasteiger partial charge is 0.225 e. The van der Waals surface area contributed by atoms with Gasteiger partial charge in [0.15, 0.2) is 0 Å². The highest BCUT2D eigenvalue weighted by Gasteiger charge is 2.03. The number of aryl methyl sites for hydroxylation is 1. The van der Waals surface area contributed by atoms with Crippen LogP contribution in [0, 0.1) is 6.92 Å². The Kier molecular flexibility index (Phi) is 5.58. The van der Waals surface area contributed by atoms with Crippen LogP contribution in [0.15, 0.2) is 42.6 Å². The van der Waals surface area contributed by atoms with E-state index in [4.69, 9.17) is 16.3 Å². The quantitative estimate of drug-likeness (QED) is 0.825. The molecule has 0 aliphatic rings. The van der Waals surface area contributed by atoms with Crippen LogP contribution in [0.2, 0.25) is 5.02 Å². The highest BCUT2D eigenvalue weighted by Crippen LogP contribution is 2.21. The Hall–Kier alpha value is -2.07. The summed E-state index contributed by atoms with van der Waals surface area (Å²) in [4.78, 5) is 15.7. The number of hydrogen-bond donors (Lipinski definition) is 1. The van der Waals surface area contributed by atoms with E-state index in [0.717, 1.165) is 16.3 Å². The van der Waals surface area contributed by atoms with E-state index in [1.165, 1.54) is 0 Å². The summed E-state index contributed by atoms with van der Waals surface area (Å²) in [6.07, 6.45) is 2.67. The minimum atomic E-state index is -0.0652. The van der Waals surface area contributed by atoms with Crippen molar-refractivity contribution in [1.82, 2.24) is 4.98 Å². The number of ether oxygens (including phenoxy) is 1. The summed E-state index contributed by atoms with van der Waals surface area (Å²) in [7, 11) is 0. The second kappa shape index (κ2) is 7.64. The van der Waals surface area contributed by atoms with E-state index in [1.807, 2.05) is 25.1 Å². The molecular formula is C16H17ClN2O2. The van der Waals surface area contributed by atoms with Crippen molar-refractivity contribution >= 4 is 23.3 Å². The van der Waals surface area contributed by atoms with Crippen LogP contribution in [-0.4, -0.2) is 17.5 Å². The first-order valence-corrected chi connectivity index (χ1v) is 7.13. The average molecular weight is 305 g/mol. The fourth-order valence-electron chi connectivity index (χ4n) is 1.77. The Labute approximate surface area is 129 Å². The summed E-state index contributed by atoms with van der Waals surface area (Å²) in [5.41, 5.74) is 0.974. The van der Waals surface area contributed by atoms with E-state index in [0.29, 0.717) is 25.3 Å². The van der Waals surface area contributed by atoms with Crippen LogP contribution >= 0.6 is 11.6 Å². The van der Waals surface area contributed by atoms with Gasteiger partial charge in [0.05, 0.1) is 6.61 Å². The number of carbonyl (C=O) groups excluding carboxylic acids is 1. The fourth-order valence-corrected chi connectivity index (χ4v) is 1.89. The molecule has 0 aliphatic carbocycles. The molecule has 1 aromatic heterocycles. The number of nitrogens with zero attached hydrogens (tertiary/aromatic N) is 1. The van der Waals surface area contributed by atoms with Crippen LogP contribution in [0.5, 0.6) is 5.75 Å². The van der Waals surface area contributed by atoms with Gasteiger partial charge in [-0.25, -0.2) is 4.98 Å².